The molecule has 1 amide bonds. The van der Waals surface area contributed by atoms with Crippen LogP contribution in [-0.2, 0) is 0 Å². The van der Waals surface area contributed by atoms with Gasteiger partial charge in [0.25, 0.3) is 5.91 Å². The van der Waals surface area contributed by atoms with Crippen molar-refractivity contribution < 1.29 is 4.79 Å². The van der Waals surface area contributed by atoms with Gasteiger partial charge in [-0.1, -0.05) is 11.6 Å². The van der Waals surface area contributed by atoms with Crippen molar-refractivity contribution >= 4 is 28.5 Å². The van der Waals surface area contributed by atoms with E-state index >= 15 is 0 Å². The van der Waals surface area contributed by atoms with Crippen molar-refractivity contribution in [3.63, 3.8) is 0 Å². The van der Waals surface area contributed by atoms with Crippen molar-refractivity contribution in [2.24, 2.45) is 0 Å². The molecule has 0 saturated heterocycles. The molecule has 0 aliphatic carbocycles. The Kier molecular flexibility index (Phi) is 1.94. The third-order valence-corrected chi connectivity index (χ3v) is 3.09. The second-order valence-electron chi connectivity index (χ2n) is 4.01. The molecule has 0 fully saturated rings. The molecule has 1 atom stereocenters. The molecule has 0 bridgehead atoms. The monoisotopic (exact) mass is 235 g/mol. The van der Waals surface area contributed by atoms with E-state index in [9.17, 15) is 4.79 Å². The summed E-state index contributed by atoms with van der Waals surface area (Å²) >= 11 is 5.88. The maximum atomic E-state index is 11.7. The Morgan fingerprint density at radius 2 is 2.38 bits per heavy atom. The highest BCUT2D eigenvalue weighted by Gasteiger charge is 2.24. The minimum Gasteiger partial charge on any atom is -0.349 e. The summed E-state index contributed by atoms with van der Waals surface area (Å²) in [6.07, 6.45) is 0. The number of carbonyl (C=O) groups excluding carboxylic acids is 1. The zero-order chi connectivity index (χ0) is 11.3. The zero-order valence-corrected chi connectivity index (χ0v) is 9.45. The van der Waals surface area contributed by atoms with Gasteiger partial charge < -0.3 is 9.88 Å². The molecule has 0 unspecified atom stereocenters. The molecule has 16 heavy (non-hydrogen) atoms. The van der Waals surface area contributed by atoms with Crippen molar-refractivity contribution in [2.45, 2.75) is 13.0 Å². The van der Waals surface area contributed by atoms with E-state index in [0.29, 0.717) is 17.4 Å². The highest BCUT2D eigenvalue weighted by molar-refractivity contribution is 6.29. The fourth-order valence-corrected chi connectivity index (χ4v) is 2.26. The fraction of sp³-hybridized carbons (Fsp3) is 0.273. The molecule has 5 heteroatoms. The maximum absolute atomic E-state index is 11.7. The summed E-state index contributed by atoms with van der Waals surface area (Å²) in [7, 11) is 0. The number of aromatic nitrogens is 2. The number of halogens is 1. The molecule has 3 heterocycles. The second-order valence-corrected chi connectivity index (χ2v) is 4.39. The topological polar surface area (TPSA) is 46.9 Å². The van der Waals surface area contributed by atoms with Gasteiger partial charge in [0, 0.05) is 11.9 Å². The first kappa shape index (κ1) is 9.66. The minimum atomic E-state index is -0.0489. The summed E-state index contributed by atoms with van der Waals surface area (Å²) in [6, 6.07) is 5.68. The molecule has 82 valence electrons. The third kappa shape index (κ3) is 1.23. The van der Waals surface area contributed by atoms with Gasteiger partial charge in [-0.3, -0.25) is 4.79 Å². The van der Waals surface area contributed by atoms with Gasteiger partial charge in [0.1, 0.15) is 16.5 Å². The van der Waals surface area contributed by atoms with Crippen LogP contribution in [0.3, 0.4) is 0 Å². The molecule has 2 aromatic rings. The van der Waals surface area contributed by atoms with E-state index in [2.05, 4.69) is 10.3 Å². The van der Waals surface area contributed by atoms with Gasteiger partial charge in [-0.25, -0.2) is 4.98 Å². The van der Waals surface area contributed by atoms with Gasteiger partial charge in [-0.2, -0.15) is 0 Å². The summed E-state index contributed by atoms with van der Waals surface area (Å²) in [5, 5.41) is 4.24. The molecule has 0 radical (unpaired) electrons. The molecule has 0 aromatic carbocycles. The Balaban J connectivity index is 2.38. The van der Waals surface area contributed by atoms with Crippen LogP contribution in [0.1, 0.15) is 23.5 Å². The first-order chi connectivity index (χ1) is 7.66. The van der Waals surface area contributed by atoms with E-state index in [4.69, 9.17) is 11.6 Å². The van der Waals surface area contributed by atoms with E-state index in [1.807, 2.05) is 23.6 Å². The molecular weight excluding hydrogens is 226 g/mol. The molecule has 2 aromatic heterocycles. The van der Waals surface area contributed by atoms with Gasteiger partial charge in [-0.15, -0.1) is 0 Å². The quantitative estimate of drug-likeness (QED) is 0.710. The number of hydrogen-bond donors (Lipinski definition) is 1. The number of rotatable bonds is 0. The number of fused-ring (bicyclic) bond motifs is 3. The Morgan fingerprint density at radius 1 is 1.56 bits per heavy atom. The molecule has 1 aliphatic rings. The number of nitrogens with one attached hydrogen (secondary N) is 1. The Labute approximate surface area is 97.2 Å². The lowest BCUT2D eigenvalue weighted by molar-refractivity contribution is 0.0919. The van der Waals surface area contributed by atoms with Gasteiger partial charge in [-0.05, 0) is 25.1 Å². The number of amides is 1. The van der Waals surface area contributed by atoms with Crippen LogP contribution < -0.4 is 5.32 Å². The van der Waals surface area contributed by atoms with Crippen molar-refractivity contribution in [2.75, 3.05) is 6.54 Å². The minimum absolute atomic E-state index is 0.0489. The van der Waals surface area contributed by atoms with Crippen LogP contribution in [-0.4, -0.2) is 22.0 Å². The third-order valence-electron chi connectivity index (χ3n) is 2.88. The number of carbonyl (C=O) groups is 1. The smallest absolute Gasteiger partial charge is 0.268 e. The lowest BCUT2D eigenvalue weighted by Crippen LogP contribution is -2.37. The average Bonchev–Trinajstić information content (AvgIpc) is 2.63. The summed E-state index contributed by atoms with van der Waals surface area (Å²) in [6.45, 7) is 2.68. The number of nitrogens with zero attached hydrogens (tertiary/aromatic N) is 2. The second kappa shape index (κ2) is 3.22. The van der Waals surface area contributed by atoms with Crippen LogP contribution in [0.5, 0.6) is 0 Å². The van der Waals surface area contributed by atoms with E-state index in [-0.39, 0.29) is 11.9 Å². The van der Waals surface area contributed by atoms with Gasteiger partial charge >= 0.3 is 0 Å². The first-order valence-corrected chi connectivity index (χ1v) is 5.50. The Morgan fingerprint density at radius 3 is 3.19 bits per heavy atom. The molecular formula is C11H10ClN3O. The Hall–Kier alpha value is -1.55. The molecule has 0 saturated carbocycles. The van der Waals surface area contributed by atoms with Gasteiger partial charge in [0.2, 0.25) is 0 Å². The SMILES string of the molecule is C[C@@H]1CNC(=O)c2cc3ccc(Cl)nc3n21. The predicted octanol–water partition coefficient (Wildman–Crippen LogP) is 1.99. The standard InChI is InChI=1S/C11H10ClN3O/c1-6-5-13-11(16)8-4-7-2-3-9(12)14-10(7)15(6)8/h2-4,6H,5H2,1H3,(H,13,16)/t6-/m1/s1. The number of hydrogen-bond acceptors (Lipinski definition) is 2. The highest BCUT2D eigenvalue weighted by atomic mass is 35.5. The number of pyridine rings is 1. The Bertz CT molecular complexity index is 590. The molecule has 3 rings (SSSR count). The predicted molar refractivity (Wildman–Crippen MR) is 61.8 cm³/mol. The molecule has 1 aliphatic heterocycles. The van der Waals surface area contributed by atoms with Crippen LogP contribution in [0.15, 0.2) is 18.2 Å². The van der Waals surface area contributed by atoms with Crippen molar-refractivity contribution in [1.29, 1.82) is 0 Å². The average molecular weight is 236 g/mol. The van der Waals surface area contributed by atoms with Crippen LogP contribution >= 0.6 is 11.6 Å². The normalized spacial score (nSPS) is 19.6. The van der Waals surface area contributed by atoms with E-state index in [0.717, 1.165) is 11.0 Å². The molecule has 0 spiro atoms. The largest absolute Gasteiger partial charge is 0.349 e. The highest BCUT2D eigenvalue weighted by Crippen LogP contribution is 2.26. The first-order valence-electron chi connectivity index (χ1n) is 5.12. The summed E-state index contributed by atoms with van der Waals surface area (Å²) in [5.41, 5.74) is 1.44. The summed E-state index contributed by atoms with van der Waals surface area (Å²) in [4.78, 5) is 16.0. The summed E-state index contributed by atoms with van der Waals surface area (Å²) in [5.74, 6) is -0.0489. The molecule has 1 N–H and O–H groups in total. The van der Waals surface area contributed by atoms with E-state index < -0.39 is 0 Å². The van der Waals surface area contributed by atoms with Crippen molar-refractivity contribution in [1.82, 2.24) is 14.9 Å². The summed E-state index contributed by atoms with van der Waals surface area (Å²) < 4.78 is 1.94. The zero-order valence-electron chi connectivity index (χ0n) is 8.70. The maximum Gasteiger partial charge on any atom is 0.268 e. The van der Waals surface area contributed by atoms with Crippen molar-refractivity contribution in [3.8, 4) is 0 Å². The fourth-order valence-electron chi connectivity index (χ4n) is 2.12. The van der Waals surface area contributed by atoms with Crippen molar-refractivity contribution in [3.05, 3.63) is 29.0 Å². The van der Waals surface area contributed by atoms with Crippen LogP contribution in [0.2, 0.25) is 5.15 Å². The van der Waals surface area contributed by atoms with E-state index in [1.165, 1.54) is 0 Å². The van der Waals surface area contributed by atoms with Crippen LogP contribution in [0.25, 0.3) is 11.0 Å². The van der Waals surface area contributed by atoms with Crippen LogP contribution in [0.4, 0.5) is 0 Å². The van der Waals surface area contributed by atoms with E-state index in [1.54, 1.807) is 6.07 Å². The lowest BCUT2D eigenvalue weighted by Gasteiger charge is -2.23. The van der Waals surface area contributed by atoms with Gasteiger partial charge in [0.05, 0.1) is 6.04 Å². The lowest BCUT2D eigenvalue weighted by atomic mass is 10.2. The van der Waals surface area contributed by atoms with Crippen LogP contribution in [0, 0.1) is 0 Å². The molecule has 4 nitrogen and oxygen atoms in total. The van der Waals surface area contributed by atoms with Gasteiger partial charge in [0.15, 0.2) is 0 Å².